The van der Waals surface area contributed by atoms with Gasteiger partial charge in [-0.25, -0.2) is 23.5 Å². The third kappa shape index (κ3) is 6.14. The van der Waals surface area contributed by atoms with Crippen molar-refractivity contribution in [3.05, 3.63) is 36.2 Å². The van der Waals surface area contributed by atoms with Crippen LogP contribution in [0.15, 0.2) is 30.6 Å². The third-order valence-electron chi connectivity index (χ3n) is 4.00. The fourth-order valence-corrected chi connectivity index (χ4v) is 2.83. The Kier molecular flexibility index (Phi) is 7.66. The highest BCUT2D eigenvalue weighted by Crippen LogP contribution is 2.32. The molecule has 0 aliphatic carbocycles. The van der Waals surface area contributed by atoms with E-state index < -0.39 is 12.5 Å². The first kappa shape index (κ1) is 21.5. The molecule has 0 aliphatic heterocycles. The molecule has 1 N–H and O–H groups in total. The molecule has 6 nitrogen and oxygen atoms in total. The first-order valence-corrected chi connectivity index (χ1v) is 9.02. The van der Waals surface area contributed by atoms with Crippen molar-refractivity contribution in [3.8, 4) is 17.0 Å². The maximum absolute atomic E-state index is 13.5. The van der Waals surface area contributed by atoms with Gasteiger partial charge in [-0.05, 0) is 42.0 Å². The zero-order valence-electron chi connectivity index (χ0n) is 16.4. The SMILES string of the molecule is COC(=O)Nc1cc(-c2cnc(OCC(C)CC(C)C)c(C(F)F)c2)ccn1. The van der Waals surface area contributed by atoms with Crippen molar-refractivity contribution < 1.29 is 23.0 Å². The molecule has 8 heteroatoms. The molecule has 1 amide bonds. The molecule has 1 atom stereocenters. The maximum Gasteiger partial charge on any atom is 0.412 e. The van der Waals surface area contributed by atoms with Gasteiger partial charge in [0.05, 0.1) is 19.3 Å². The standard InChI is InChI=1S/C20H25F2N3O3/c1-12(2)7-13(3)11-28-19-16(18(21)22)8-15(10-24-19)14-5-6-23-17(9-14)25-20(26)27-4/h5-6,8-10,12-13,18H,7,11H2,1-4H3,(H,23,25,26). The maximum atomic E-state index is 13.5. The van der Waals surface area contributed by atoms with Gasteiger partial charge in [-0.3, -0.25) is 5.32 Å². The van der Waals surface area contributed by atoms with Crippen molar-refractivity contribution in [1.82, 2.24) is 9.97 Å². The van der Waals surface area contributed by atoms with E-state index in [0.29, 0.717) is 23.7 Å². The summed E-state index contributed by atoms with van der Waals surface area (Å²) in [6.07, 6.45) is 0.467. The average molecular weight is 393 g/mol. The van der Waals surface area contributed by atoms with Crippen LogP contribution in [0.5, 0.6) is 5.88 Å². The summed E-state index contributed by atoms with van der Waals surface area (Å²) in [7, 11) is 1.23. The van der Waals surface area contributed by atoms with Crippen molar-refractivity contribution >= 4 is 11.9 Å². The Morgan fingerprint density at radius 1 is 1.18 bits per heavy atom. The Morgan fingerprint density at radius 3 is 2.57 bits per heavy atom. The van der Waals surface area contributed by atoms with Crippen molar-refractivity contribution in [2.24, 2.45) is 11.8 Å². The van der Waals surface area contributed by atoms with Gasteiger partial charge in [0.1, 0.15) is 5.82 Å². The first-order valence-electron chi connectivity index (χ1n) is 9.02. The molecule has 0 saturated heterocycles. The minimum atomic E-state index is -2.72. The number of aromatic nitrogens is 2. The number of amides is 1. The summed E-state index contributed by atoms with van der Waals surface area (Å²) in [5.41, 5.74) is 0.775. The summed E-state index contributed by atoms with van der Waals surface area (Å²) >= 11 is 0. The minimum absolute atomic E-state index is 0.0590. The highest BCUT2D eigenvalue weighted by Gasteiger charge is 2.18. The van der Waals surface area contributed by atoms with Crippen molar-refractivity contribution in [2.45, 2.75) is 33.6 Å². The van der Waals surface area contributed by atoms with Gasteiger partial charge in [0, 0.05) is 18.0 Å². The van der Waals surface area contributed by atoms with Crippen molar-refractivity contribution in [2.75, 3.05) is 19.0 Å². The molecule has 0 fully saturated rings. The molecule has 2 aromatic heterocycles. The molecule has 0 bridgehead atoms. The summed E-state index contributed by atoms with van der Waals surface area (Å²) < 4.78 is 37.2. The second-order valence-corrected chi connectivity index (χ2v) is 7.01. The smallest absolute Gasteiger partial charge is 0.412 e. The Balaban J connectivity index is 2.22. The average Bonchev–Trinajstić information content (AvgIpc) is 2.65. The molecule has 2 heterocycles. The molecule has 0 radical (unpaired) electrons. The second-order valence-electron chi connectivity index (χ2n) is 7.01. The van der Waals surface area contributed by atoms with Gasteiger partial charge in [0.25, 0.3) is 6.43 Å². The largest absolute Gasteiger partial charge is 0.477 e. The molecule has 0 aromatic carbocycles. The molecule has 1 unspecified atom stereocenters. The molecular weight excluding hydrogens is 368 g/mol. The lowest BCUT2D eigenvalue weighted by molar-refractivity contribution is 0.140. The van der Waals surface area contributed by atoms with E-state index in [1.54, 1.807) is 12.1 Å². The predicted molar refractivity (Wildman–Crippen MR) is 103 cm³/mol. The van der Waals surface area contributed by atoms with Gasteiger partial charge in [0.2, 0.25) is 5.88 Å². The van der Waals surface area contributed by atoms with Gasteiger partial charge in [-0.1, -0.05) is 20.8 Å². The summed E-state index contributed by atoms with van der Waals surface area (Å²) in [4.78, 5) is 19.4. The van der Waals surface area contributed by atoms with Crippen LogP contribution >= 0.6 is 0 Å². The molecule has 152 valence electrons. The van der Waals surface area contributed by atoms with Gasteiger partial charge in [-0.2, -0.15) is 0 Å². The van der Waals surface area contributed by atoms with E-state index in [-0.39, 0.29) is 23.2 Å². The van der Waals surface area contributed by atoms with Crippen LogP contribution in [0.25, 0.3) is 11.1 Å². The van der Waals surface area contributed by atoms with Crippen LogP contribution in [0.3, 0.4) is 0 Å². The molecule has 28 heavy (non-hydrogen) atoms. The Bertz CT molecular complexity index is 800. The fraction of sp³-hybridized carbons (Fsp3) is 0.450. The Morgan fingerprint density at radius 2 is 1.93 bits per heavy atom. The molecule has 0 aliphatic rings. The Labute approximate surface area is 163 Å². The number of ether oxygens (including phenoxy) is 2. The van der Waals surface area contributed by atoms with E-state index in [0.717, 1.165) is 6.42 Å². The molecular formula is C20H25F2N3O3. The fourth-order valence-electron chi connectivity index (χ4n) is 2.83. The number of nitrogens with one attached hydrogen (secondary N) is 1. The molecule has 0 saturated carbocycles. The number of alkyl halides is 2. The van der Waals surface area contributed by atoms with Crippen LogP contribution in [0.2, 0.25) is 0 Å². The van der Waals surface area contributed by atoms with Crippen LogP contribution in [-0.4, -0.2) is 29.8 Å². The number of methoxy groups -OCH3 is 1. The van der Waals surface area contributed by atoms with Crippen LogP contribution in [-0.2, 0) is 4.74 Å². The third-order valence-corrected chi connectivity index (χ3v) is 4.00. The zero-order chi connectivity index (χ0) is 20.7. The summed E-state index contributed by atoms with van der Waals surface area (Å²) in [5.74, 6) is 0.921. The molecule has 2 rings (SSSR count). The number of rotatable bonds is 8. The topological polar surface area (TPSA) is 73.3 Å². The van der Waals surface area contributed by atoms with E-state index in [1.807, 2.05) is 6.92 Å². The van der Waals surface area contributed by atoms with Gasteiger partial charge in [-0.15, -0.1) is 0 Å². The highest BCUT2D eigenvalue weighted by atomic mass is 19.3. The normalized spacial score (nSPS) is 12.1. The number of nitrogens with zero attached hydrogens (tertiary/aromatic N) is 2. The van der Waals surface area contributed by atoms with Gasteiger partial charge >= 0.3 is 6.09 Å². The monoisotopic (exact) mass is 393 g/mol. The van der Waals surface area contributed by atoms with E-state index >= 15 is 0 Å². The lowest BCUT2D eigenvalue weighted by atomic mass is 10.00. The van der Waals surface area contributed by atoms with Crippen LogP contribution in [0.1, 0.15) is 39.2 Å². The summed E-state index contributed by atoms with van der Waals surface area (Å²) in [5, 5.41) is 2.43. The highest BCUT2D eigenvalue weighted by molar-refractivity contribution is 5.84. The first-order chi connectivity index (χ1) is 13.3. The van der Waals surface area contributed by atoms with E-state index in [4.69, 9.17) is 4.74 Å². The predicted octanol–water partition coefficient (Wildman–Crippen LogP) is 5.32. The number of halogens is 2. The van der Waals surface area contributed by atoms with Gasteiger partial charge < -0.3 is 9.47 Å². The number of anilines is 1. The summed E-state index contributed by atoms with van der Waals surface area (Å²) in [6, 6.07) is 4.53. The minimum Gasteiger partial charge on any atom is -0.477 e. The quantitative estimate of drug-likeness (QED) is 0.657. The van der Waals surface area contributed by atoms with Crippen LogP contribution < -0.4 is 10.1 Å². The lowest BCUT2D eigenvalue weighted by Gasteiger charge is -2.16. The van der Waals surface area contributed by atoms with Crippen molar-refractivity contribution in [3.63, 3.8) is 0 Å². The molecule has 0 spiro atoms. The number of carbonyl (C=O) groups excluding carboxylic acids is 1. The zero-order valence-corrected chi connectivity index (χ0v) is 16.4. The van der Waals surface area contributed by atoms with Crippen LogP contribution in [0.4, 0.5) is 19.4 Å². The number of carbonyl (C=O) groups is 1. The van der Waals surface area contributed by atoms with E-state index in [9.17, 15) is 13.6 Å². The molecule has 2 aromatic rings. The Hall–Kier alpha value is -2.77. The number of hydrogen-bond acceptors (Lipinski definition) is 5. The lowest BCUT2D eigenvalue weighted by Crippen LogP contribution is -2.13. The number of hydrogen-bond donors (Lipinski definition) is 1. The van der Waals surface area contributed by atoms with Gasteiger partial charge in [0.15, 0.2) is 0 Å². The van der Waals surface area contributed by atoms with E-state index in [1.165, 1.54) is 25.6 Å². The van der Waals surface area contributed by atoms with E-state index in [2.05, 4.69) is 33.9 Å². The van der Waals surface area contributed by atoms with Crippen LogP contribution in [0, 0.1) is 11.8 Å². The number of pyridine rings is 2. The van der Waals surface area contributed by atoms with Crippen molar-refractivity contribution in [1.29, 1.82) is 0 Å². The second kappa shape index (κ2) is 9.96. The summed E-state index contributed by atoms with van der Waals surface area (Å²) in [6.45, 7) is 6.55.